The first kappa shape index (κ1) is 15.1. The fraction of sp³-hybridized carbons (Fsp3) is 1.00. The molecule has 1 N–H and O–H groups in total. The summed E-state index contributed by atoms with van der Waals surface area (Å²) in [7, 11) is -4.25. The van der Waals surface area contributed by atoms with Crippen LogP contribution in [0.1, 0.15) is 40.0 Å². The molecule has 0 aromatic rings. The summed E-state index contributed by atoms with van der Waals surface area (Å²) in [5, 5.41) is 0.314. The molecule has 0 saturated carbocycles. The molecule has 0 amide bonds. The highest BCUT2D eigenvalue weighted by Crippen LogP contribution is 2.19. The van der Waals surface area contributed by atoms with Gasteiger partial charge in [-0.2, -0.15) is 8.42 Å². The first-order chi connectivity index (χ1) is 6.71. The summed E-state index contributed by atoms with van der Waals surface area (Å²) in [4.78, 5) is 0. The van der Waals surface area contributed by atoms with Gasteiger partial charge < -0.3 is 4.43 Å². The number of unbranched alkanes of at least 4 members (excludes halogenated alkanes) is 2. The van der Waals surface area contributed by atoms with E-state index in [0.29, 0.717) is 11.5 Å². The molecule has 0 aromatic carbocycles. The third-order valence-electron chi connectivity index (χ3n) is 1.73. The maximum absolute atomic E-state index is 10.4. The summed E-state index contributed by atoms with van der Waals surface area (Å²) in [5.41, 5.74) is 0. The second-order valence-electron chi connectivity index (χ2n) is 4.96. The van der Waals surface area contributed by atoms with Gasteiger partial charge in [-0.25, -0.2) is 0 Å². The first-order valence-corrected chi connectivity index (χ1v) is 8.13. The molecule has 0 saturated heterocycles. The lowest BCUT2D eigenvalue weighted by Crippen LogP contribution is -2.13. The van der Waals surface area contributed by atoms with Gasteiger partial charge in [0.05, 0.1) is 5.75 Å². The lowest BCUT2D eigenvalue weighted by molar-refractivity contribution is 0.309. The lowest BCUT2D eigenvalue weighted by Gasteiger charge is -2.16. The highest BCUT2D eigenvalue weighted by atomic mass is 32.2. The highest BCUT2D eigenvalue weighted by Gasteiger charge is 2.10. The Balaban J connectivity index is 3.27. The van der Waals surface area contributed by atoms with Gasteiger partial charge in [0, 0.05) is 6.61 Å². The number of hydrogen-bond acceptors (Lipinski definition) is 3. The third kappa shape index (κ3) is 14.1. The molecular formula is C9H22O4SSi. The fourth-order valence-corrected chi connectivity index (χ4v) is 2.57. The largest absolute Gasteiger partial charge is 0.423 e. The van der Waals surface area contributed by atoms with Crippen molar-refractivity contribution >= 4 is 19.9 Å². The van der Waals surface area contributed by atoms with Gasteiger partial charge in [0.2, 0.25) is 0 Å². The summed E-state index contributed by atoms with van der Waals surface area (Å²) in [6, 6.07) is 0. The van der Waals surface area contributed by atoms with Crippen LogP contribution in [0, 0.1) is 0 Å². The Morgan fingerprint density at radius 1 is 1.20 bits per heavy atom. The molecule has 0 aromatic heterocycles. The van der Waals surface area contributed by atoms with Gasteiger partial charge in [0.15, 0.2) is 9.76 Å². The Kier molecular flexibility index (Phi) is 6.66. The van der Waals surface area contributed by atoms with E-state index in [-0.39, 0.29) is 5.75 Å². The molecule has 92 valence electrons. The van der Waals surface area contributed by atoms with Gasteiger partial charge in [-0.1, -0.05) is 27.2 Å². The van der Waals surface area contributed by atoms with Crippen molar-refractivity contribution in [1.29, 1.82) is 0 Å². The zero-order valence-electron chi connectivity index (χ0n) is 9.82. The van der Waals surface area contributed by atoms with E-state index in [4.69, 9.17) is 8.98 Å². The summed E-state index contributed by atoms with van der Waals surface area (Å²) in [6.45, 7) is 7.21. The summed E-state index contributed by atoms with van der Waals surface area (Å²) in [5.74, 6) is -0.135. The molecular weight excluding hydrogens is 232 g/mol. The van der Waals surface area contributed by atoms with Gasteiger partial charge in [0.25, 0.3) is 10.1 Å². The van der Waals surface area contributed by atoms with Crippen LogP contribution in [0.3, 0.4) is 0 Å². The van der Waals surface area contributed by atoms with Crippen LogP contribution in [-0.2, 0) is 14.5 Å². The maximum Gasteiger partial charge on any atom is 0.264 e. The smallest absolute Gasteiger partial charge is 0.264 e. The third-order valence-corrected chi connectivity index (χ3v) is 3.89. The van der Waals surface area contributed by atoms with Crippen molar-refractivity contribution < 1.29 is 17.4 Å². The van der Waals surface area contributed by atoms with Gasteiger partial charge >= 0.3 is 0 Å². The SMILES string of the molecule is CC(C)(C)[SiH2]OCCCCCS(=O)(=O)O. The lowest BCUT2D eigenvalue weighted by atomic mass is 10.3. The topological polar surface area (TPSA) is 63.6 Å². The molecule has 4 nitrogen and oxygen atoms in total. The quantitative estimate of drug-likeness (QED) is 0.423. The van der Waals surface area contributed by atoms with Crippen molar-refractivity contribution in [1.82, 2.24) is 0 Å². The van der Waals surface area contributed by atoms with Gasteiger partial charge in [-0.15, -0.1) is 0 Å². The second kappa shape index (κ2) is 6.62. The van der Waals surface area contributed by atoms with Crippen LogP contribution in [-0.4, -0.2) is 35.1 Å². The molecule has 0 aliphatic carbocycles. The van der Waals surface area contributed by atoms with E-state index in [9.17, 15) is 8.42 Å². The standard InChI is InChI=1S/C9H22O4SSi/c1-9(2,3)15-13-7-5-4-6-8-14(10,11)12/h4-8,15H2,1-3H3,(H,10,11,12). The predicted molar refractivity (Wildman–Crippen MR) is 64.5 cm³/mol. The van der Waals surface area contributed by atoms with Crippen molar-refractivity contribution in [2.75, 3.05) is 12.4 Å². The van der Waals surface area contributed by atoms with E-state index in [0.717, 1.165) is 19.4 Å². The van der Waals surface area contributed by atoms with Crippen LogP contribution in [0.25, 0.3) is 0 Å². The van der Waals surface area contributed by atoms with E-state index in [1.54, 1.807) is 0 Å². The molecule has 0 aliphatic rings. The molecule has 15 heavy (non-hydrogen) atoms. The van der Waals surface area contributed by atoms with Gasteiger partial charge in [-0.3, -0.25) is 4.55 Å². The average molecular weight is 254 g/mol. The van der Waals surface area contributed by atoms with Crippen LogP contribution in [0.4, 0.5) is 0 Å². The van der Waals surface area contributed by atoms with Gasteiger partial charge in [-0.05, 0) is 17.9 Å². The van der Waals surface area contributed by atoms with Crippen molar-refractivity contribution in [2.45, 2.75) is 45.1 Å². The summed E-state index contributed by atoms with van der Waals surface area (Å²) >= 11 is 0. The van der Waals surface area contributed by atoms with Crippen LogP contribution in [0.15, 0.2) is 0 Å². The monoisotopic (exact) mass is 254 g/mol. The normalized spacial score (nSPS) is 13.9. The Hall–Kier alpha value is 0.0869. The van der Waals surface area contributed by atoms with Crippen molar-refractivity contribution in [2.24, 2.45) is 0 Å². The molecule has 6 heteroatoms. The molecule has 0 heterocycles. The second-order valence-corrected chi connectivity index (χ2v) is 9.35. The first-order valence-electron chi connectivity index (χ1n) is 5.24. The molecule has 0 fully saturated rings. The zero-order valence-corrected chi connectivity index (χ0v) is 12.1. The van der Waals surface area contributed by atoms with Crippen molar-refractivity contribution in [3.8, 4) is 0 Å². The van der Waals surface area contributed by atoms with E-state index >= 15 is 0 Å². The van der Waals surface area contributed by atoms with Crippen LogP contribution < -0.4 is 0 Å². The highest BCUT2D eigenvalue weighted by molar-refractivity contribution is 7.85. The molecule has 0 radical (unpaired) electrons. The van der Waals surface area contributed by atoms with Crippen LogP contribution in [0.5, 0.6) is 0 Å². The van der Waals surface area contributed by atoms with E-state index in [2.05, 4.69) is 20.8 Å². The Morgan fingerprint density at radius 2 is 1.80 bits per heavy atom. The Bertz CT molecular complexity index is 256. The summed E-state index contributed by atoms with van der Waals surface area (Å²) < 4.78 is 34.8. The van der Waals surface area contributed by atoms with Crippen molar-refractivity contribution in [3.63, 3.8) is 0 Å². The maximum atomic E-state index is 10.4. The zero-order chi connectivity index (χ0) is 11.9. The van der Waals surface area contributed by atoms with E-state index in [1.165, 1.54) is 0 Å². The van der Waals surface area contributed by atoms with Crippen molar-refractivity contribution in [3.05, 3.63) is 0 Å². The van der Waals surface area contributed by atoms with E-state index < -0.39 is 19.9 Å². The van der Waals surface area contributed by atoms with E-state index in [1.807, 2.05) is 0 Å². The summed E-state index contributed by atoms with van der Waals surface area (Å²) in [6.07, 6.45) is 2.18. The van der Waals surface area contributed by atoms with Crippen LogP contribution >= 0.6 is 0 Å². The molecule has 0 aliphatic heterocycles. The van der Waals surface area contributed by atoms with Gasteiger partial charge in [0.1, 0.15) is 0 Å². The average Bonchev–Trinajstić information content (AvgIpc) is 1.98. The fourth-order valence-electron chi connectivity index (χ4n) is 1.04. The minimum absolute atomic E-state index is 0.135. The number of rotatable bonds is 7. The Labute approximate surface area is 95.1 Å². The molecule has 0 bridgehead atoms. The molecule has 0 unspecified atom stereocenters. The minimum atomic E-state index is -3.77. The Morgan fingerprint density at radius 3 is 2.27 bits per heavy atom. The molecule has 0 rings (SSSR count). The minimum Gasteiger partial charge on any atom is -0.423 e. The number of hydrogen-bond donors (Lipinski definition) is 1. The molecule has 0 spiro atoms. The van der Waals surface area contributed by atoms with Crippen LogP contribution in [0.2, 0.25) is 5.04 Å². The predicted octanol–water partition coefficient (Wildman–Crippen LogP) is 1.36. The molecule has 0 atom stereocenters.